The van der Waals surface area contributed by atoms with Crippen LogP contribution < -0.4 is 5.73 Å². The van der Waals surface area contributed by atoms with E-state index in [0.717, 1.165) is 5.92 Å². The second kappa shape index (κ2) is 1.64. The maximum Gasteiger partial charge on any atom is 0.0155 e. The minimum atomic E-state index is 0. The summed E-state index contributed by atoms with van der Waals surface area (Å²) >= 11 is 0. The molecule has 0 bridgehead atoms. The van der Waals surface area contributed by atoms with Gasteiger partial charge < -0.3 is 5.73 Å². The second-order valence-corrected chi connectivity index (χ2v) is 2.61. The molecule has 0 unspecified atom stereocenters. The maximum absolute atomic E-state index is 5.61. The fourth-order valence-electron chi connectivity index (χ4n) is 0.601. The lowest BCUT2D eigenvalue weighted by Gasteiger charge is -1.93. The molecule has 1 aliphatic carbocycles. The molecule has 1 fully saturated rings. The third-order valence-electron chi connectivity index (χ3n) is 1.71. The summed E-state index contributed by atoms with van der Waals surface area (Å²) in [5.74, 6) is 0.775. The number of halogens is 1. The van der Waals surface area contributed by atoms with Gasteiger partial charge in [0.15, 0.2) is 0 Å². The van der Waals surface area contributed by atoms with Gasteiger partial charge in [0.2, 0.25) is 0 Å². The quantitative estimate of drug-likeness (QED) is 0.512. The Morgan fingerprint density at radius 3 is 1.86 bits per heavy atom. The minimum absolute atomic E-state index is 0. The lowest BCUT2D eigenvalue weighted by atomic mass is 10.3. The van der Waals surface area contributed by atoms with E-state index in [1.807, 2.05) is 0 Å². The van der Waals surface area contributed by atoms with Crippen LogP contribution in [0, 0.1) is 5.92 Å². The van der Waals surface area contributed by atoms with E-state index in [1.54, 1.807) is 0 Å². The van der Waals surface area contributed by atoms with Crippen LogP contribution in [0.1, 0.15) is 20.3 Å². The van der Waals surface area contributed by atoms with Crippen molar-refractivity contribution in [3.8, 4) is 0 Å². The lowest BCUT2D eigenvalue weighted by Crippen LogP contribution is -2.18. The van der Waals surface area contributed by atoms with Gasteiger partial charge in [-0.1, -0.05) is 6.92 Å². The molecule has 2 heteroatoms. The van der Waals surface area contributed by atoms with E-state index in [4.69, 9.17) is 5.73 Å². The Bertz CT molecular complexity index is 70.5. The monoisotopic (exact) mass is 121 g/mol. The minimum Gasteiger partial charge on any atom is -0.325 e. The molecule has 0 saturated heterocycles. The highest BCUT2D eigenvalue weighted by molar-refractivity contribution is 5.85. The van der Waals surface area contributed by atoms with Gasteiger partial charge in [0.05, 0.1) is 0 Å². The van der Waals surface area contributed by atoms with Crippen molar-refractivity contribution < 1.29 is 0 Å². The third-order valence-corrected chi connectivity index (χ3v) is 1.71. The first-order chi connectivity index (χ1) is 2.63. The summed E-state index contributed by atoms with van der Waals surface area (Å²) in [5, 5.41) is 0. The Morgan fingerprint density at radius 2 is 1.86 bits per heavy atom. The third kappa shape index (κ3) is 1.32. The van der Waals surface area contributed by atoms with Gasteiger partial charge in [0, 0.05) is 5.54 Å². The molecule has 0 aromatic rings. The predicted molar refractivity (Wildman–Crippen MR) is 33.6 cm³/mol. The van der Waals surface area contributed by atoms with Crippen LogP contribution in [0.5, 0.6) is 0 Å². The molecule has 1 aliphatic rings. The van der Waals surface area contributed by atoms with Crippen LogP contribution in [-0.4, -0.2) is 5.54 Å². The maximum atomic E-state index is 5.61. The van der Waals surface area contributed by atoms with E-state index < -0.39 is 0 Å². The van der Waals surface area contributed by atoms with E-state index in [9.17, 15) is 0 Å². The van der Waals surface area contributed by atoms with Gasteiger partial charge in [-0.3, -0.25) is 0 Å². The molecular formula is C5H12ClN. The molecule has 1 nitrogen and oxygen atoms in total. The Balaban J connectivity index is 0.000000360. The van der Waals surface area contributed by atoms with Crippen molar-refractivity contribution in [1.29, 1.82) is 0 Å². The molecule has 2 atom stereocenters. The fraction of sp³-hybridized carbons (Fsp3) is 1.00. The van der Waals surface area contributed by atoms with Crippen molar-refractivity contribution in [3.05, 3.63) is 0 Å². The van der Waals surface area contributed by atoms with Crippen LogP contribution in [-0.2, 0) is 0 Å². The van der Waals surface area contributed by atoms with E-state index in [-0.39, 0.29) is 17.9 Å². The summed E-state index contributed by atoms with van der Waals surface area (Å²) in [5.41, 5.74) is 5.82. The number of hydrogen-bond acceptors (Lipinski definition) is 1. The van der Waals surface area contributed by atoms with Gasteiger partial charge in [-0.2, -0.15) is 0 Å². The summed E-state index contributed by atoms with van der Waals surface area (Å²) in [6.07, 6.45) is 1.22. The van der Waals surface area contributed by atoms with E-state index in [2.05, 4.69) is 13.8 Å². The molecule has 0 aromatic carbocycles. The molecule has 44 valence electrons. The molecule has 0 radical (unpaired) electrons. The average molecular weight is 122 g/mol. The normalized spacial score (nSPS) is 47.6. The largest absolute Gasteiger partial charge is 0.325 e. The highest BCUT2D eigenvalue weighted by atomic mass is 35.5. The zero-order chi connectivity index (χ0) is 4.78. The first-order valence-electron chi connectivity index (χ1n) is 2.42. The first-order valence-corrected chi connectivity index (χ1v) is 2.42. The van der Waals surface area contributed by atoms with Crippen molar-refractivity contribution in [2.24, 2.45) is 11.7 Å². The SMILES string of the molecule is C[C@@H]1C[C@@]1(C)N.Cl. The lowest BCUT2D eigenvalue weighted by molar-refractivity contribution is 0.686. The van der Waals surface area contributed by atoms with Crippen molar-refractivity contribution in [2.75, 3.05) is 0 Å². The summed E-state index contributed by atoms with van der Waals surface area (Å²) < 4.78 is 0. The van der Waals surface area contributed by atoms with Crippen molar-refractivity contribution in [1.82, 2.24) is 0 Å². The highest BCUT2D eigenvalue weighted by Gasteiger charge is 2.42. The van der Waals surface area contributed by atoms with E-state index in [1.165, 1.54) is 6.42 Å². The molecule has 0 amide bonds. The number of hydrogen-bond donors (Lipinski definition) is 1. The zero-order valence-corrected chi connectivity index (χ0v) is 5.59. The molecule has 1 rings (SSSR count). The molecule has 0 spiro atoms. The van der Waals surface area contributed by atoms with Gasteiger partial charge in [-0.25, -0.2) is 0 Å². The first kappa shape index (κ1) is 7.25. The summed E-state index contributed by atoms with van der Waals surface area (Å²) in [6, 6.07) is 0. The zero-order valence-electron chi connectivity index (χ0n) is 4.77. The molecule has 0 heterocycles. The predicted octanol–water partition coefficient (Wildman–Crippen LogP) is 1.17. The van der Waals surface area contributed by atoms with Crippen LogP contribution in [0.15, 0.2) is 0 Å². The van der Waals surface area contributed by atoms with E-state index >= 15 is 0 Å². The Kier molecular flexibility index (Phi) is 1.70. The molecule has 0 aliphatic heterocycles. The summed E-state index contributed by atoms with van der Waals surface area (Å²) in [6.45, 7) is 4.28. The van der Waals surface area contributed by atoms with Crippen molar-refractivity contribution >= 4 is 12.4 Å². The van der Waals surface area contributed by atoms with Gasteiger partial charge in [-0.05, 0) is 19.3 Å². The molecular weight excluding hydrogens is 110 g/mol. The van der Waals surface area contributed by atoms with Crippen LogP contribution in [0.3, 0.4) is 0 Å². The summed E-state index contributed by atoms with van der Waals surface area (Å²) in [7, 11) is 0. The van der Waals surface area contributed by atoms with Crippen molar-refractivity contribution in [3.63, 3.8) is 0 Å². The Hall–Kier alpha value is 0.250. The van der Waals surface area contributed by atoms with Crippen LogP contribution in [0.4, 0.5) is 0 Å². The summed E-state index contributed by atoms with van der Waals surface area (Å²) in [4.78, 5) is 0. The van der Waals surface area contributed by atoms with Crippen LogP contribution in [0.25, 0.3) is 0 Å². The standard InChI is InChI=1S/C5H11N.ClH/c1-4-3-5(4,2)6;/h4H,3,6H2,1-2H3;1H/t4-,5-;/m1./s1. The smallest absolute Gasteiger partial charge is 0.0155 e. The molecule has 7 heavy (non-hydrogen) atoms. The number of rotatable bonds is 0. The molecule has 1 saturated carbocycles. The van der Waals surface area contributed by atoms with Crippen LogP contribution in [0.2, 0.25) is 0 Å². The molecule has 2 N–H and O–H groups in total. The Labute approximate surface area is 50.7 Å². The van der Waals surface area contributed by atoms with E-state index in [0.29, 0.717) is 0 Å². The van der Waals surface area contributed by atoms with Crippen molar-refractivity contribution in [2.45, 2.75) is 25.8 Å². The Morgan fingerprint density at radius 1 is 1.71 bits per heavy atom. The fourth-order valence-corrected chi connectivity index (χ4v) is 0.601. The topological polar surface area (TPSA) is 26.0 Å². The van der Waals surface area contributed by atoms with Gasteiger partial charge in [-0.15, -0.1) is 12.4 Å². The second-order valence-electron chi connectivity index (χ2n) is 2.61. The van der Waals surface area contributed by atoms with Gasteiger partial charge >= 0.3 is 0 Å². The van der Waals surface area contributed by atoms with Gasteiger partial charge in [0.25, 0.3) is 0 Å². The molecule has 0 aromatic heterocycles. The van der Waals surface area contributed by atoms with Crippen LogP contribution >= 0.6 is 12.4 Å². The number of nitrogens with two attached hydrogens (primary N) is 1. The highest BCUT2D eigenvalue weighted by Crippen LogP contribution is 2.39. The average Bonchev–Trinajstić information content (AvgIpc) is 1.73. The van der Waals surface area contributed by atoms with Gasteiger partial charge in [0.1, 0.15) is 0 Å².